The van der Waals surface area contributed by atoms with Crippen LogP contribution in [0.4, 0.5) is 0 Å². The Kier molecular flexibility index (Phi) is 6.66. The standard InChI is InChI=1S/C21H19BrN2O4S/c1-3-27-17-10-14(8-15-19(25)23-21(29)24-20(15)26)9-16(22)18(17)28-11-13-6-4-12(2)5-7-13/h4-10H,3,11H2,1-2H3,(H2,23,24,25,26,29). The second-order valence-electron chi connectivity index (χ2n) is 6.33. The van der Waals surface area contributed by atoms with Crippen molar-refractivity contribution >= 4 is 51.2 Å². The van der Waals surface area contributed by atoms with Crippen LogP contribution in [0.25, 0.3) is 6.08 Å². The Hall–Kier alpha value is -2.71. The highest BCUT2D eigenvalue weighted by Gasteiger charge is 2.26. The molecule has 2 aromatic rings. The van der Waals surface area contributed by atoms with Crippen LogP contribution in [0, 0.1) is 6.92 Å². The molecule has 0 spiro atoms. The summed E-state index contributed by atoms with van der Waals surface area (Å²) in [5, 5.41) is 4.82. The number of halogens is 1. The highest BCUT2D eigenvalue weighted by molar-refractivity contribution is 9.10. The second kappa shape index (κ2) is 9.19. The molecule has 6 nitrogen and oxygen atoms in total. The lowest BCUT2D eigenvalue weighted by Crippen LogP contribution is -2.51. The predicted octanol–water partition coefficient (Wildman–Crippen LogP) is 3.65. The molecule has 0 radical (unpaired) electrons. The average molecular weight is 475 g/mol. The molecule has 0 saturated carbocycles. The zero-order chi connectivity index (χ0) is 21.0. The summed E-state index contributed by atoms with van der Waals surface area (Å²) in [6.07, 6.45) is 1.48. The number of hydrogen-bond donors (Lipinski definition) is 2. The maximum absolute atomic E-state index is 12.1. The van der Waals surface area contributed by atoms with Crippen molar-refractivity contribution in [3.63, 3.8) is 0 Å². The summed E-state index contributed by atoms with van der Waals surface area (Å²) >= 11 is 8.31. The van der Waals surface area contributed by atoms with Crippen molar-refractivity contribution in [1.82, 2.24) is 10.6 Å². The third kappa shape index (κ3) is 5.21. The van der Waals surface area contributed by atoms with Gasteiger partial charge in [-0.1, -0.05) is 29.8 Å². The van der Waals surface area contributed by atoms with Crippen molar-refractivity contribution in [3.05, 3.63) is 63.1 Å². The van der Waals surface area contributed by atoms with E-state index in [9.17, 15) is 9.59 Å². The fraction of sp³-hybridized carbons (Fsp3) is 0.190. The molecular formula is C21H19BrN2O4S. The number of nitrogens with one attached hydrogen (secondary N) is 2. The lowest BCUT2D eigenvalue weighted by molar-refractivity contribution is -0.123. The molecule has 0 atom stereocenters. The largest absolute Gasteiger partial charge is 0.490 e. The Morgan fingerprint density at radius 2 is 1.72 bits per heavy atom. The van der Waals surface area contributed by atoms with Crippen LogP contribution in [0.2, 0.25) is 0 Å². The molecule has 0 aliphatic carbocycles. The Balaban J connectivity index is 1.88. The lowest BCUT2D eigenvalue weighted by Gasteiger charge is -2.17. The van der Waals surface area contributed by atoms with Crippen molar-refractivity contribution in [3.8, 4) is 11.5 Å². The molecule has 1 aliphatic heterocycles. The molecule has 29 heavy (non-hydrogen) atoms. The van der Waals surface area contributed by atoms with Crippen LogP contribution >= 0.6 is 28.1 Å². The zero-order valence-electron chi connectivity index (χ0n) is 15.9. The van der Waals surface area contributed by atoms with Gasteiger partial charge in [0, 0.05) is 0 Å². The molecule has 8 heteroatoms. The molecule has 3 rings (SSSR count). The number of carbonyl (C=O) groups excluding carboxylic acids is 2. The topological polar surface area (TPSA) is 76.7 Å². The third-order valence-electron chi connectivity index (χ3n) is 4.09. The van der Waals surface area contributed by atoms with E-state index in [4.69, 9.17) is 21.7 Å². The Labute approximate surface area is 182 Å². The first-order valence-electron chi connectivity index (χ1n) is 8.90. The SMILES string of the molecule is CCOc1cc(C=C2C(=O)NC(=S)NC2=O)cc(Br)c1OCc1ccc(C)cc1. The van der Waals surface area contributed by atoms with E-state index in [1.54, 1.807) is 12.1 Å². The quantitative estimate of drug-likeness (QED) is 0.379. The monoisotopic (exact) mass is 474 g/mol. The summed E-state index contributed by atoms with van der Waals surface area (Å²) in [6.45, 7) is 4.71. The van der Waals surface area contributed by atoms with Crippen molar-refractivity contribution < 1.29 is 19.1 Å². The summed E-state index contributed by atoms with van der Waals surface area (Å²) in [7, 11) is 0. The van der Waals surface area contributed by atoms with E-state index in [1.807, 2.05) is 38.1 Å². The summed E-state index contributed by atoms with van der Waals surface area (Å²) in [6, 6.07) is 11.5. The minimum Gasteiger partial charge on any atom is -0.490 e. The first-order valence-corrected chi connectivity index (χ1v) is 10.1. The van der Waals surface area contributed by atoms with Gasteiger partial charge in [-0.3, -0.25) is 20.2 Å². The van der Waals surface area contributed by atoms with Gasteiger partial charge < -0.3 is 9.47 Å². The molecule has 1 saturated heterocycles. The van der Waals surface area contributed by atoms with Gasteiger partial charge in [-0.15, -0.1) is 0 Å². The van der Waals surface area contributed by atoms with Crippen molar-refractivity contribution in [2.75, 3.05) is 6.61 Å². The molecule has 0 unspecified atom stereocenters. The van der Waals surface area contributed by atoms with E-state index in [2.05, 4.69) is 26.6 Å². The molecule has 0 aromatic heterocycles. The summed E-state index contributed by atoms with van der Waals surface area (Å²) < 4.78 is 12.3. The highest BCUT2D eigenvalue weighted by atomic mass is 79.9. The minimum atomic E-state index is -0.549. The van der Waals surface area contributed by atoms with E-state index in [0.717, 1.165) is 5.56 Å². The first kappa shape index (κ1) is 21.0. The molecular weight excluding hydrogens is 456 g/mol. The number of benzene rings is 2. The van der Waals surface area contributed by atoms with E-state index in [0.29, 0.717) is 34.7 Å². The van der Waals surface area contributed by atoms with Crippen LogP contribution in [-0.2, 0) is 16.2 Å². The van der Waals surface area contributed by atoms with Gasteiger partial charge >= 0.3 is 0 Å². The zero-order valence-corrected chi connectivity index (χ0v) is 18.3. The molecule has 2 N–H and O–H groups in total. The first-order chi connectivity index (χ1) is 13.9. The number of hydrogen-bond acceptors (Lipinski definition) is 5. The number of rotatable bonds is 6. The fourth-order valence-electron chi connectivity index (χ4n) is 2.69. The van der Waals surface area contributed by atoms with Crippen molar-refractivity contribution in [2.24, 2.45) is 0 Å². The van der Waals surface area contributed by atoms with E-state index < -0.39 is 11.8 Å². The Bertz CT molecular complexity index is 980. The van der Waals surface area contributed by atoms with Crippen LogP contribution in [0.5, 0.6) is 11.5 Å². The molecule has 0 bridgehead atoms. The van der Waals surface area contributed by atoms with Crippen LogP contribution in [0.3, 0.4) is 0 Å². The molecule has 2 aromatic carbocycles. The maximum Gasteiger partial charge on any atom is 0.263 e. The second-order valence-corrected chi connectivity index (χ2v) is 7.60. The summed E-state index contributed by atoms with van der Waals surface area (Å²) in [5.74, 6) is -0.0404. The molecule has 2 amide bonds. The molecule has 1 fully saturated rings. The molecule has 1 aliphatic rings. The average Bonchev–Trinajstić information content (AvgIpc) is 2.65. The van der Waals surface area contributed by atoms with Gasteiger partial charge in [-0.2, -0.15) is 0 Å². The summed E-state index contributed by atoms with van der Waals surface area (Å²) in [5.41, 5.74) is 2.78. The van der Waals surface area contributed by atoms with Gasteiger partial charge in [0.1, 0.15) is 12.2 Å². The lowest BCUT2D eigenvalue weighted by atomic mass is 10.1. The van der Waals surface area contributed by atoms with E-state index >= 15 is 0 Å². The van der Waals surface area contributed by atoms with Gasteiger partial charge in [0.15, 0.2) is 16.6 Å². The van der Waals surface area contributed by atoms with E-state index in [1.165, 1.54) is 11.6 Å². The number of ether oxygens (including phenoxy) is 2. The summed E-state index contributed by atoms with van der Waals surface area (Å²) in [4.78, 5) is 24.1. The van der Waals surface area contributed by atoms with Crippen LogP contribution < -0.4 is 20.1 Å². The highest BCUT2D eigenvalue weighted by Crippen LogP contribution is 2.38. The molecule has 150 valence electrons. The van der Waals surface area contributed by atoms with Gasteiger partial charge in [0.05, 0.1) is 11.1 Å². The van der Waals surface area contributed by atoms with Gasteiger partial charge in [0.25, 0.3) is 11.8 Å². The van der Waals surface area contributed by atoms with E-state index in [-0.39, 0.29) is 10.7 Å². The number of aryl methyl sites for hydroxylation is 1. The van der Waals surface area contributed by atoms with Crippen LogP contribution in [-0.4, -0.2) is 23.5 Å². The number of amides is 2. The Morgan fingerprint density at radius 3 is 2.34 bits per heavy atom. The van der Waals surface area contributed by atoms with Crippen LogP contribution in [0.1, 0.15) is 23.6 Å². The van der Waals surface area contributed by atoms with Crippen LogP contribution in [0.15, 0.2) is 46.4 Å². The number of carbonyl (C=O) groups is 2. The van der Waals surface area contributed by atoms with Gasteiger partial charge in [-0.25, -0.2) is 0 Å². The van der Waals surface area contributed by atoms with Gasteiger partial charge in [0.2, 0.25) is 0 Å². The molecule has 1 heterocycles. The maximum atomic E-state index is 12.1. The fourth-order valence-corrected chi connectivity index (χ4v) is 3.45. The third-order valence-corrected chi connectivity index (χ3v) is 4.88. The smallest absolute Gasteiger partial charge is 0.263 e. The number of thiocarbonyl (C=S) groups is 1. The van der Waals surface area contributed by atoms with Crippen molar-refractivity contribution in [1.29, 1.82) is 0 Å². The Morgan fingerprint density at radius 1 is 1.07 bits per heavy atom. The predicted molar refractivity (Wildman–Crippen MR) is 118 cm³/mol. The minimum absolute atomic E-state index is 0.00631. The van der Waals surface area contributed by atoms with Crippen molar-refractivity contribution in [2.45, 2.75) is 20.5 Å². The normalized spacial score (nSPS) is 13.6. The van der Waals surface area contributed by atoms with Gasteiger partial charge in [-0.05, 0) is 71.3 Å².